The van der Waals surface area contributed by atoms with E-state index < -0.39 is 0 Å². The van der Waals surface area contributed by atoms with E-state index >= 15 is 0 Å². The van der Waals surface area contributed by atoms with Crippen molar-refractivity contribution >= 4 is 17.6 Å². The fourth-order valence-corrected chi connectivity index (χ4v) is 3.07. The van der Waals surface area contributed by atoms with Crippen molar-refractivity contribution in [3.8, 4) is 0 Å². The number of aromatic nitrogens is 1. The number of carbonyl (C=O) groups is 2. The predicted octanol–water partition coefficient (Wildman–Crippen LogP) is 3.32. The largest absolute Gasteiger partial charge is 0.361 e. The summed E-state index contributed by atoms with van der Waals surface area (Å²) >= 11 is 0. The zero-order valence-corrected chi connectivity index (χ0v) is 15.1. The normalized spacial score (nSPS) is 14.2. The Balaban J connectivity index is 1.52. The molecule has 2 N–H and O–H groups in total. The molecule has 3 amide bonds. The van der Waals surface area contributed by atoms with E-state index in [1.54, 1.807) is 44.3 Å². The van der Waals surface area contributed by atoms with E-state index in [-0.39, 0.29) is 18.0 Å². The molecule has 0 unspecified atom stereocenters. The molecule has 0 spiro atoms. The smallest absolute Gasteiger partial charge is 0.321 e. The molecule has 7 nitrogen and oxygen atoms in total. The molecule has 1 aromatic carbocycles. The standard InChI is InChI=1S/C19H24N4O3/c1-13-11-17(22-26-13)12-23(2)19(25)21-16-9-7-14(8-10-16)18(24)20-15-5-3-4-6-15/h7-11,15H,3-6,12H2,1-2H3,(H,20,24)(H,21,25). The van der Waals surface area contributed by atoms with Crippen molar-refractivity contribution < 1.29 is 14.1 Å². The summed E-state index contributed by atoms with van der Waals surface area (Å²) in [5, 5.41) is 9.73. The Labute approximate surface area is 152 Å². The maximum absolute atomic E-state index is 12.2. The first kappa shape index (κ1) is 18.0. The molecule has 2 aromatic rings. The number of aryl methyl sites for hydroxylation is 1. The van der Waals surface area contributed by atoms with Crippen molar-refractivity contribution in [3.05, 3.63) is 47.3 Å². The molecule has 0 bridgehead atoms. The molecule has 7 heteroatoms. The summed E-state index contributed by atoms with van der Waals surface area (Å²) < 4.78 is 5.00. The summed E-state index contributed by atoms with van der Waals surface area (Å²) in [6, 6.07) is 8.73. The number of nitrogens with zero attached hydrogens (tertiary/aromatic N) is 2. The van der Waals surface area contributed by atoms with Crippen molar-refractivity contribution in [2.75, 3.05) is 12.4 Å². The molecular weight excluding hydrogens is 332 g/mol. The lowest BCUT2D eigenvalue weighted by molar-refractivity contribution is 0.0938. The molecule has 1 aromatic heterocycles. The molecule has 1 saturated carbocycles. The van der Waals surface area contributed by atoms with Gasteiger partial charge in [0.25, 0.3) is 5.91 Å². The maximum Gasteiger partial charge on any atom is 0.321 e. The number of amides is 3. The number of rotatable bonds is 5. The third kappa shape index (κ3) is 4.62. The Morgan fingerprint density at radius 3 is 2.54 bits per heavy atom. The first-order chi connectivity index (χ1) is 12.5. The topological polar surface area (TPSA) is 87.5 Å². The molecule has 0 atom stereocenters. The first-order valence-corrected chi connectivity index (χ1v) is 8.86. The highest BCUT2D eigenvalue weighted by atomic mass is 16.5. The summed E-state index contributed by atoms with van der Waals surface area (Å²) in [6.45, 7) is 2.16. The van der Waals surface area contributed by atoms with Crippen molar-refractivity contribution in [1.29, 1.82) is 0 Å². The van der Waals surface area contributed by atoms with Gasteiger partial charge in [0.2, 0.25) is 0 Å². The van der Waals surface area contributed by atoms with Crippen LogP contribution >= 0.6 is 0 Å². The average molecular weight is 356 g/mol. The zero-order valence-electron chi connectivity index (χ0n) is 15.1. The Bertz CT molecular complexity index is 763. The summed E-state index contributed by atoms with van der Waals surface area (Å²) in [4.78, 5) is 26.0. The number of hydrogen-bond donors (Lipinski definition) is 2. The van der Waals surface area contributed by atoms with Gasteiger partial charge >= 0.3 is 6.03 Å². The van der Waals surface area contributed by atoms with Crippen LogP contribution in [-0.2, 0) is 6.54 Å². The number of hydrogen-bond acceptors (Lipinski definition) is 4. The molecule has 1 heterocycles. The van der Waals surface area contributed by atoms with Gasteiger partial charge in [0.1, 0.15) is 11.5 Å². The Morgan fingerprint density at radius 2 is 1.92 bits per heavy atom. The first-order valence-electron chi connectivity index (χ1n) is 8.86. The molecule has 1 aliphatic carbocycles. The Morgan fingerprint density at radius 1 is 1.23 bits per heavy atom. The SMILES string of the molecule is Cc1cc(CN(C)C(=O)Nc2ccc(C(=O)NC3CCCC3)cc2)no1. The minimum absolute atomic E-state index is 0.0618. The van der Waals surface area contributed by atoms with Crippen LogP contribution in [0.4, 0.5) is 10.5 Å². The highest BCUT2D eigenvalue weighted by Crippen LogP contribution is 2.18. The van der Waals surface area contributed by atoms with Crippen LogP contribution in [0.1, 0.15) is 47.5 Å². The minimum Gasteiger partial charge on any atom is -0.361 e. The third-order valence-corrected chi connectivity index (χ3v) is 4.51. The van der Waals surface area contributed by atoms with Crippen LogP contribution in [0, 0.1) is 6.92 Å². The van der Waals surface area contributed by atoms with E-state index in [1.807, 2.05) is 0 Å². The predicted molar refractivity (Wildman–Crippen MR) is 97.9 cm³/mol. The number of nitrogens with one attached hydrogen (secondary N) is 2. The quantitative estimate of drug-likeness (QED) is 0.860. The molecule has 138 valence electrons. The molecule has 26 heavy (non-hydrogen) atoms. The van der Waals surface area contributed by atoms with Crippen LogP contribution in [0.2, 0.25) is 0 Å². The van der Waals surface area contributed by atoms with Crippen LogP contribution in [0.25, 0.3) is 0 Å². The minimum atomic E-state index is -0.256. The van der Waals surface area contributed by atoms with Crippen molar-refractivity contribution in [2.45, 2.75) is 45.2 Å². The fourth-order valence-electron chi connectivity index (χ4n) is 3.07. The van der Waals surface area contributed by atoms with Crippen LogP contribution < -0.4 is 10.6 Å². The zero-order chi connectivity index (χ0) is 18.5. The molecule has 1 fully saturated rings. The van der Waals surface area contributed by atoms with Crippen LogP contribution in [0.3, 0.4) is 0 Å². The van der Waals surface area contributed by atoms with Crippen molar-refractivity contribution in [1.82, 2.24) is 15.4 Å². The lowest BCUT2D eigenvalue weighted by atomic mass is 10.1. The Kier molecular flexibility index (Phi) is 5.55. The van der Waals surface area contributed by atoms with Gasteiger partial charge in [-0.1, -0.05) is 18.0 Å². The molecule has 3 rings (SSSR count). The van der Waals surface area contributed by atoms with E-state index in [1.165, 1.54) is 17.7 Å². The highest BCUT2D eigenvalue weighted by Gasteiger charge is 2.18. The van der Waals surface area contributed by atoms with E-state index in [0.717, 1.165) is 12.8 Å². The Hall–Kier alpha value is -2.83. The fraction of sp³-hybridized carbons (Fsp3) is 0.421. The van der Waals surface area contributed by atoms with Crippen LogP contribution in [-0.4, -0.2) is 35.1 Å². The molecular formula is C19H24N4O3. The number of carbonyl (C=O) groups excluding carboxylic acids is 2. The lowest BCUT2D eigenvalue weighted by Gasteiger charge is -2.17. The second kappa shape index (κ2) is 8.03. The van der Waals surface area contributed by atoms with Gasteiger partial charge in [-0.25, -0.2) is 4.79 Å². The van der Waals surface area contributed by atoms with Gasteiger partial charge in [0, 0.05) is 30.4 Å². The van der Waals surface area contributed by atoms with Gasteiger partial charge in [-0.2, -0.15) is 0 Å². The highest BCUT2D eigenvalue weighted by molar-refractivity contribution is 5.95. The molecule has 0 radical (unpaired) electrons. The van der Waals surface area contributed by atoms with E-state index in [0.29, 0.717) is 29.2 Å². The van der Waals surface area contributed by atoms with Gasteiger partial charge in [0.15, 0.2) is 0 Å². The van der Waals surface area contributed by atoms with Crippen molar-refractivity contribution in [3.63, 3.8) is 0 Å². The third-order valence-electron chi connectivity index (χ3n) is 4.51. The van der Waals surface area contributed by atoms with Gasteiger partial charge in [-0.3, -0.25) is 4.79 Å². The second-order valence-corrected chi connectivity index (χ2v) is 6.75. The lowest BCUT2D eigenvalue weighted by Crippen LogP contribution is -2.32. The van der Waals surface area contributed by atoms with E-state index in [4.69, 9.17) is 4.52 Å². The average Bonchev–Trinajstić information content (AvgIpc) is 3.27. The maximum atomic E-state index is 12.2. The number of urea groups is 1. The van der Waals surface area contributed by atoms with Gasteiger partial charge in [-0.05, 0) is 44.0 Å². The number of anilines is 1. The molecule has 0 aliphatic heterocycles. The van der Waals surface area contributed by atoms with Gasteiger partial charge in [-0.15, -0.1) is 0 Å². The molecule has 1 aliphatic rings. The van der Waals surface area contributed by atoms with E-state index in [9.17, 15) is 9.59 Å². The summed E-state index contributed by atoms with van der Waals surface area (Å²) in [7, 11) is 1.68. The van der Waals surface area contributed by atoms with Crippen molar-refractivity contribution in [2.24, 2.45) is 0 Å². The second-order valence-electron chi connectivity index (χ2n) is 6.75. The van der Waals surface area contributed by atoms with Crippen LogP contribution in [0.15, 0.2) is 34.9 Å². The van der Waals surface area contributed by atoms with Gasteiger partial charge in [0.05, 0.1) is 6.54 Å². The van der Waals surface area contributed by atoms with Gasteiger partial charge < -0.3 is 20.1 Å². The summed E-state index contributed by atoms with van der Waals surface area (Å²) in [5.41, 5.74) is 1.93. The number of benzene rings is 1. The monoisotopic (exact) mass is 356 g/mol. The summed E-state index contributed by atoms with van der Waals surface area (Å²) in [5.74, 6) is 0.647. The van der Waals surface area contributed by atoms with Crippen LogP contribution in [0.5, 0.6) is 0 Å². The van der Waals surface area contributed by atoms with E-state index in [2.05, 4.69) is 15.8 Å². The summed E-state index contributed by atoms with van der Waals surface area (Å²) in [6.07, 6.45) is 4.46. The molecule has 0 saturated heterocycles.